The number of halogens is 3. The summed E-state index contributed by atoms with van der Waals surface area (Å²) in [7, 11) is 0. The van der Waals surface area contributed by atoms with E-state index < -0.39 is 12.6 Å². The largest absolute Gasteiger partial charge is 0.390 e. The maximum absolute atomic E-state index is 12.3. The fraction of sp³-hybridized carbons (Fsp3) is 0.938. The summed E-state index contributed by atoms with van der Waals surface area (Å²) in [6.45, 7) is 10.5. The van der Waals surface area contributed by atoms with E-state index >= 15 is 0 Å². The van der Waals surface area contributed by atoms with Crippen molar-refractivity contribution < 1.29 is 17.9 Å². The van der Waals surface area contributed by atoms with Gasteiger partial charge in [0.2, 0.25) is 0 Å². The maximum atomic E-state index is 12.3. The van der Waals surface area contributed by atoms with Crippen molar-refractivity contribution in [2.24, 2.45) is 10.9 Å². The number of hydrogen-bond acceptors (Lipinski definition) is 3. The third-order valence-corrected chi connectivity index (χ3v) is 3.81. The van der Waals surface area contributed by atoms with Crippen molar-refractivity contribution in [1.29, 1.82) is 0 Å². The van der Waals surface area contributed by atoms with Crippen molar-refractivity contribution in [3.63, 3.8) is 0 Å². The summed E-state index contributed by atoms with van der Waals surface area (Å²) in [5, 5.41) is 5.77. The monoisotopic (exact) mass is 352 g/mol. The Balaban J connectivity index is 2.59. The molecular formula is C16H31F3N4O. The lowest BCUT2D eigenvalue weighted by Crippen LogP contribution is -2.46. The lowest BCUT2D eigenvalue weighted by molar-refractivity contribution is -0.132. The molecule has 24 heavy (non-hydrogen) atoms. The molecular weight excluding hydrogens is 321 g/mol. The van der Waals surface area contributed by atoms with Gasteiger partial charge in [-0.1, -0.05) is 13.8 Å². The summed E-state index contributed by atoms with van der Waals surface area (Å²) in [4.78, 5) is 6.87. The molecule has 0 aromatic rings. The molecule has 1 saturated heterocycles. The van der Waals surface area contributed by atoms with Crippen LogP contribution in [0.4, 0.5) is 13.2 Å². The van der Waals surface area contributed by atoms with E-state index in [2.05, 4.69) is 34.4 Å². The normalized spacial score (nSPS) is 18.7. The van der Waals surface area contributed by atoms with Crippen LogP contribution in [0.2, 0.25) is 0 Å². The quantitative estimate of drug-likeness (QED) is 0.520. The molecule has 1 atom stereocenters. The van der Waals surface area contributed by atoms with Crippen molar-refractivity contribution in [3.05, 3.63) is 0 Å². The molecule has 8 heteroatoms. The first kappa shape index (κ1) is 21.0. The first-order valence-corrected chi connectivity index (χ1v) is 8.72. The second-order valence-electron chi connectivity index (χ2n) is 6.44. The SMILES string of the molecule is CCNC(=NCC(CC(C)C)N1CCOCC1)NCCC(F)(F)F. The molecule has 1 aliphatic rings. The second kappa shape index (κ2) is 10.8. The number of hydrogen-bond donors (Lipinski definition) is 2. The topological polar surface area (TPSA) is 48.9 Å². The van der Waals surface area contributed by atoms with Gasteiger partial charge < -0.3 is 15.4 Å². The summed E-state index contributed by atoms with van der Waals surface area (Å²) in [6.07, 6.45) is -4.01. The Morgan fingerprint density at radius 1 is 1.21 bits per heavy atom. The van der Waals surface area contributed by atoms with Crippen LogP contribution in [-0.4, -0.2) is 69.0 Å². The zero-order chi connectivity index (χ0) is 18.0. The van der Waals surface area contributed by atoms with Crippen LogP contribution < -0.4 is 10.6 Å². The van der Waals surface area contributed by atoms with E-state index in [1.54, 1.807) is 0 Å². The van der Waals surface area contributed by atoms with E-state index in [0.29, 0.717) is 25.0 Å². The molecule has 1 aliphatic heterocycles. The van der Waals surface area contributed by atoms with Crippen molar-refractivity contribution in [3.8, 4) is 0 Å². The highest BCUT2D eigenvalue weighted by atomic mass is 19.4. The Hall–Kier alpha value is -1.02. The molecule has 1 rings (SSSR count). The molecule has 1 unspecified atom stereocenters. The van der Waals surface area contributed by atoms with Gasteiger partial charge >= 0.3 is 6.18 Å². The Morgan fingerprint density at radius 3 is 2.42 bits per heavy atom. The average Bonchev–Trinajstić information content (AvgIpc) is 2.50. The molecule has 0 aliphatic carbocycles. The van der Waals surface area contributed by atoms with Gasteiger partial charge in [-0.3, -0.25) is 9.89 Å². The average molecular weight is 352 g/mol. The molecule has 0 radical (unpaired) electrons. The summed E-state index contributed by atoms with van der Waals surface area (Å²) >= 11 is 0. The van der Waals surface area contributed by atoms with Crippen molar-refractivity contribution >= 4 is 5.96 Å². The van der Waals surface area contributed by atoms with Gasteiger partial charge in [-0.2, -0.15) is 13.2 Å². The minimum Gasteiger partial charge on any atom is -0.379 e. The fourth-order valence-electron chi connectivity index (χ4n) is 2.69. The Morgan fingerprint density at radius 2 is 1.88 bits per heavy atom. The number of morpholine rings is 1. The molecule has 0 aromatic heterocycles. The zero-order valence-electron chi connectivity index (χ0n) is 15.0. The molecule has 0 amide bonds. The lowest BCUT2D eigenvalue weighted by atomic mass is 10.0. The summed E-state index contributed by atoms with van der Waals surface area (Å²) in [5.74, 6) is 0.984. The van der Waals surface area contributed by atoms with Crippen LogP contribution >= 0.6 is 0 Å². The summed E-state index contributed by atoms with van der Waals surface area (Å²) < 4.78 is 42.2. The third-order valence-electron chi connectivity index (χ3n) is 3.81. The van der Waals surface area contributed by atoms with Crippen molar-refractivity contribution in [1.82, 2.24) is 15.5 Å². The molecule has 0 saturated carbocycles. The maximum Gasteiger partial charge on any atom is 0.390 e. The van der Waals surface area contributed by atoms with Gasteiger partial charge in [-0.05, 0) is 19.3 Å². The second-order valence-corrected chi connectivity index (χ2v) is 6.44. The van der Waals surface area contributed by atoms with E-state index in [4.69, 9.17) is 4.74 Å². The van der Waals surface area contributed by atoms with E-state index in [9.17, 15) is 13.2 Å². The highest BCUT2D eigenvalue weighted by Gasteiger charge is 2.26. The van der Waals surface area contributed by atoms with E-state index in [1.165, 1.54) is 0 Å². The first-order chi connectivity index (χ1) is 11.3. The predicted octanol–water partition coefficient (Wildman–Crippen LogP) is 2.24. The molecule has 142 valence electrons. The molecule has 0 bridgehead atoms. The Bertz CT molecular complexity index is 369. The van der Waals surface area contributed by atoms with Gasteiger partial charge in [0.1, 0.15) is 0 Å². The van der Waals surface area contributed by atoms with E-state index in [1.807, 2.05) is 6.92 Å². The van der Waals surface area contributed by atoms with E-state index in [-0.39, 0.29) is 12.6 Å². The molecule has 1 heterocycles. The lowest BCUT2D eigenvalue weighted by Gasteiger charge is -2.34. The Labute approximate surface area is 143 Å². The zero-order valence-corrected chi connectivity index (χ0v) is 15.0. The number of alkyl halides is 3. The molecule has 0 spiro atoms. The van der Waals surface area contributed by atoms with Crippen LogP contribution in [0.1, 0.15) is 33.6 Å². The number of ether oxygens (including phenoxy) is 1. The van der Waals surface area contributed by atoms with Gasteiger partial charge in [-0.15, -0.1) is 0 Å². The molecule has 5 nitrogen and oxygen atoms in total. The minimum atomic E-state index is -4.15. The van der Waals surface area contributed by atoms with Crippen molar-refractivity contribution in [2.75, 3.05) is 45.9 Å². The number of guanidine groups is 1. The van der Waals surface area contributed by atoms with Gasteiger partial charge in [0.05, 0.1) is 26.2 Å². The predicted molar refractivity (Wildman–Crippen MR) is 90.3 cm³/mol. The molecule has 1 fully saturated rings. The van der Waals surface area contributed by atoms with Crippen molar-refractivity contribution in [2.45, 2.75) is 45.8 Å². The number of nitrogens with zero attached hydrogens (tertiary/aromatic N) is 2. The number of rotatable bonds is 8. The minimum absolute atomic E-state index is 0.165. The summed E-state index contributed by atoms with van der Waals surface area (Å²) in [5.41, 5.74) is 0. The van der Waals surface area contributed by atoms with Gasteiger partial charge in [0.15, 0.2) is 5.96 Å². The molecule has 0 aromatic carbocycles. The van der Waals surface area contributed by atoms with Crippen LogP contribution in [-0.2, 0) is 4.74 Å². The van der Waals surface area contributed by atoms with E-state index in [0.717, 1.165) is 32.7 Å². The summed E-state index contributed by atoms with van der Waals surface area (Å²) in [6, 6.07) is 0.284. The smallest absolute Gasteiger partial charge is 0.379 e. The van der Waals surface area contributed by atoms with Crippen LogP contribution in [0.5, 0.6) is 0 Å². The number of aliphatic imine (C=N–C) groups is 1. The van der Waals surface area contributed by atoms with Gasteiger partial charge in [-0.25, -0.2) is 0 Å². The Kier molecular flexibility index (Phi) is 9.43. The molecule has 2 N–H and O–H groups in total. The van der Waals surface area contributed by atoms with Crippen LogP contribution in [0.3, 0.4) is 0 Å². The highest BCUT2D eigenvalue weighted by molar-refractivity contribution is 5.79. The number of nitrogens with one attached hydrogen (secondary N) is 2. The van der Waals surface area contributed by atoms with Gasteiger partial charge in [0, 0.05) is 32.2 Å². The third kappa shape index (κ3) is 9.32. The first-order valence-electron chi connectivity index (χ1n) is 8.72. The van der Waals surface area contributed by atoms with Crippen LogP contribution in [0.15, 0.2) is 4.99 Å². The standard InChI is InChI=1S/C16H31F3N4O/c1-4-20-15(21-6-5-16(17,18)19)22-12-14(11-13(2)3)23-7-9-24-10-8-23/h13-14H,4-12H2,1-3H3,(H2,20,21,22). The highest BCUT2D eigenvalue weighted by Crippen LogP contribution is 2.18. The fourth-order valence-corrected chi connectivity index (χ4v) is 2.69. The van der Waals surface area contributed by atoms with Crippen LogP contribution in [0.25, 0.3) is 0 Å². The van der Waals surface area contributed by atoms with Crippen LogP contribution in [0, 0.1) is 5.92 Å². The van der Waals surface area contributed by atoms with Gasteiger partial charge in [0.25, 0.3) is 0 Å².